The summed E-state index contributed by atoms with van der Waals surface area (Å²) in [5, 5.41) is 2.65. The lowest BCUT2D eigenvalue weighted by Crippen LogP contribution is -1.93. The van der Waals surface area contributed by atoms with E-state index in [1.54, 1.807) is 0 Å². The second kappa shape index (κ2) is 2.77. The van der Waals surface area contributed by atoms with Crippen molar-refractivity contribution in [1.82, 2.24) is 9.55 Å². The number of hydrogen-bond donors (Lipinski definition) is 0. The molecule has 82 valence electrons. The summed E-state index contributed by atoms with van der Waals surface area (Å²) in [7, 11) is 2.09. The zero-order valence-electron chi connectivity index (χ0n) is 9.86. The maximum atomic E-state index is 4.69. The molecule has 17 heavy (non-hydrogen) atoms. The largest absolute Gasteiger partial charge is 0.331 e. The number of benzene rings is 2. The van der Waals surface area contributed by atoms with Crippen LogP contribution in [0, 0.1) is 6.92 Å². The van der Waals surface area contributed by atoms with Gasteiger partial charge in [0, 0.05) is 23.6 Å². The van der Waals surface area contributed by atoms with Gasteiger partial charge >= 0.3 is 0 Å². The molecule has 0 saturated carbocycles. The molecule has 0 saturated heterocycles. The van der Waals surface area contributed by atoms with E-state index >= 15 is 0 Å². The summed E-state index contributed by atoms with van der Waals surface area (Å²) in [6, 6.07) is 12.9. The molecule has 0 spiro atoms. The van der Waals surface area contributed by atoms with Crippen molar-refractivity contribution in [2.75, 3.05) is 0 Å². The topological polar surface area (TPSA) is 17.8 Å². The molecule has 4 rings (SSSR count). The van der Waals surface area contributed by atoms with Gasteiger partial charge in [0.25, 0.3) is 0 Å². The lowest BCUT2D eigenvalue weighted by molar-refractivity contribution is 0.865. The average molecular weight is 220 g/mol. The lowest BCUT2D eigenvalue weighted by Gasteiger charge is -2.04. The third-order valence-electron chi connectivity index (χ3n) is 3.73. The molecule has 2 aromatic carbocycles. The van der Waals surface area contributed by atoms with E-state index in [4.69, 9.17) is 4.98 Å². The predicted octanol–water partition coefficient (Wildman–Crippen LogP) is 3.53. The van der Waals surface area contributed by atoms with Gasteiger partial charge in [-0.15, -0.1) is 0 Å². The predicted molar refractivity (Wildman–Crippen MR) is 69.9 cm³/mol. The van der Waals surface area contributed by atoms with Crippen molar-refractivity contribution >= 4 is 10.8 Å². The number of imidazole rings is 1. The average Bonchev–Trinajstić information content (AvgIpc) is 2.80. The van der Waals surface area contributed by atoms with E-state index in [1.165, 1.54) is 27.6 Å². The molecule has 1 aliphatic carbocycles. The highest BCUT2D eigenvalue weighted by molar-refractivity contribution is 6.13. The van der Waals surface area contributed by atoms with Crippen LogP contribution in [0.5, 0.6) is 0 Å². The maximum Gasteiger partial charge on any atom is 0.106 e. The van der Waals surface area contributed by atoms with Gasteiger partial charge in [-0.05, 0) is 12.3 Å². The van der Waals surface area contributed by atoms with Crippen LogP contribution in [0.1, 0.15) is 5.82 Å². The molecular formula is C15H12N2. The third-order valence-corrected chi connectivity index (χ3v) is 3.73. The molecule has 0 unspecified atom stereocenters. The van der Waals surface area contributed by atoms with Crippen molar-refractivity contribution < 1.29 is 0 Å². The Morgan fingerprint density at radius 3 is 2.47 bits per heavy atom. The Labute approximate surface area is 99.5 Å². The highest BCUT2D eigenvalue weighted by Crippen LogP contribution is 2.46. The van der Waals surface area contributed by atoms with Crippen molar-refractivity contribution in [2.45, 2.75) is 6.92 Å². The summed E-state index contributed by atoms with van der Waals surface area (Å²) < 4.78 is 2.18. The number of rotatable bonds is 0. The van der Waals surface area contributed by atoms with Crippen molar-refractivity contribution in [3.05, 3.63) is 42.2 Å². The molecule has 0 bridgehead atoms. The minimum Gasteiger partial charge on any atom is -0.331 e. The van der Waals surface area contributed by atoms with Crippen molar-refractivity contribution in [3.63, 3.8) is 0 Å². The van der Waals surface area contributed by atoms with E-state index in [-0.39, 0.29) is 0 Å². The summed E-state index contributed by atoms with van der Waals surface area (Å²) >= 11 is 0. The second-order valence-electron chi connectivity index (χ2n) is 4.62. The second-order valence-corrected chi connectivity index (χ2v) is 4.62. The fourth-order valence-electron chi connectivity index (χ4n) is 2.84. The fourth-order valence-corrected chi connectivity index (χ4v) is 2.84. The van der Waals surface area contributed by atoms with Crippen LogP contribution in [0.3, 0.4) is 0 Å². The summed E-state index contributed by atoms with van der Waals surface area (Å²) in [6.45, 7) is 2.06. The summed E-state index contributed by atoms with van der Waals surface area (Å²) in [5.74, 6) is 1.07. The van der Waals surface area contributed by atoms with Crippen molar-refractivity contribution in [1.29, 1.82) is 0 Å². The summed E-state index contributed by atoms with van der Waals surface area (Å²) in [4.78, 5) is 4.69. The van der Waals surface area contributed by atoms with Crippen molar-refractivity contribution in [3.8, 4) is 22.5 Å². The van der Waals surface area contributed by atoms with E-state index in [2.05, 4.69) is 54.9 Å². The molecule has 1 aromatic heterocycles. The molecule has 0 amide bonds. The quantitative estimate of drug-likeness (QED) is 0.443. The number of aryl methyl sites for hydroxylation is 1. The van der Waals surface area contributed by atoms with Gasteiger partial charge in [-0.1, -0.05) is 36.4 Å². The van der Waals surface area contributed by atoms with Crippen LogP contribution in [-0.2, 0) is 7.05 Å². The molecule has 2 heteroatoms. The Bertz CT molecular complexity index is 761. The fraction of sp³-hybridized carbons (Fsp3) is 0.133. The summed E-state index contributed by atoms with van der Waals surface area (Å²) in [5.41, 5.74) is 4.99. The number of nitrogens with zero attached hydrogens (tertiary/aromatic N) is 2. The molecule has 0 N–H and O–H groups in total. The van der Waals surface area contributed by atoms with Crippen LogP contribution in [0.2, 0.25) is 0 Å². The lowest BCUT2D eigenvalue weighted by atomic mass is 10.0. The first-order valence-electron chi connectivity index (χ1n) is 5.83. The van der Waals surface area contributed by atoms with E-state index in [9.17, 15) is 0 Å². The Kier molecular flexibility index (Phi) is 1.47. The van der Waals surface area contributed by atoms with Gasteiger partial charge in [0.15, 0.2) is 0 Å². The molecular weight excluding hydrogens is 208 g/mol. The van der Waals surface area contributed by atoms with Crippen LogP contribution in [0.15, 0.2) is 36.4 Å². The molecule has 0 radical (unpaired) electrons. The smallest absolute Gasteiger partial charge is 0.106 e. The molecule has 2 nitrogen and oxygen atoms in total. The standard InChI is InChI=1S/C15H12N2/c1-9-16-14-11-7-3-5-10-6-4-8-12(13(10)11)15(14)17(9)2/h3-8H,1-2H3. The molecule has 1 heterocycles. The van der Waals surface area contributed by atoms with E-state index in [0.717, 1.165) is 11.5 Å². The monoisotopic (exact) mass is 220 g/mol. The van der Waals surface area contributed by atoms with E-state index in [1.807, 2.05) is 0 Å². The van der Waals surface area contributed by atoms with Gasteiger partial charge in [0.2, 0.25) is 0 Å². The molecule has 1 aliphatic rings. The van der Waals surface area contributed by atoms with Gasteiger partial charge in [-0.3, -0.25) is 0 Å². The highest BCUT2D eigenvalue weighted by atomic mass is 15.1. The van der Waals surface area contributed by atoms with Crippen LogP contribution in [0.4, 0.5) is 0 Å². The first kappa shape index (κ1) is 8.99. The number of hydrogen-bond acceptors (Lipinski definition) is 1. The third kappa shape index (κ3) is 0.936. The minimum atomic E-state index is 1.07. The maximum absolute atomic E-state index is 4.69. The van der Waals surface area contributed by atoms with Crippen LogP contribution in [0.25, 0.3) is 33.3 Å². The van der Waals surface area contributed by atoms with Crippen LogP contribution >= 0.6 is 0 Å². The first-order chi connectivity index (χ1) is 8.27. The van der Waals surface area contributed by atoms with Gasteiger partial charge in [-0.2, -0.15) is 0 Å². The Morgan fingerprint density at radius 1 is 1.00 bits per heavy atom. The SMILES string of the molecule is Cc1nc2c(n1C)-c1cccc3cccc-2c13. The molecule has 3 aromatic rings. The van der Waals surface area contributed by atoms with Gasteiger partial charge in [0.05, 0.1) is 11.4 Å². The number of aromatic nitrogens is 2. The van der Waals surface area contributed by atoms with Gasteiger partial charge in [-0.25, -0.2) is 4.98 Å². The molecule has 0 fully saturated rings. The zero-order valence-corrected chi connectivity index (χ0v) is 9.86. The normalized spacial score (nSPS) is 12.1. The highest BCUT2D eigenvalue weighted by Gasteiger charge is 2.25. The van der Waals surface area contributed by atoms with E-state index < -0.39 is 0 Å². The molecule has 0 atom stereocenters. The number of fused-ring (bicyclic) bond motifs is 3. The van der Waals surface area contributed by atoms with Crippen LogP contribution in [-0.4, -0.2) is 9.55 Å². The Hall–Kier alpha value is -2.09. The minimum absolute atomic E-state index is 1.07. The first-order valence-corrected chi connectivity index (χ1v) is 5.83. The van der Waals surface area contributed by atoms with Crippen molar-refractivity contribution in [2.24, 2.45) is 7.05 Å². The zero-order chi connectivity index (χ0) is 11.6. The summed E-state index contributed by atoms with van der Waals surface area (Å²) in [6.07, 6.45) is 0. The van der Waals surface area contributed by atoms with E-state index in [0.29, 0.717) is 0 Å². The van der Waals surface area contributed by atoms with Gasteiger partial charge < -0.3 is 4.57 Å². The Balaban J connectivity index is 2.28. The Morgan fingerprint density at radius 2 is 1.71 bits per heavy atom. The molecule has 0 aliphatic heterocycles. The van der Waals surface area contributed by atoms with Gasteiger partial charge in [0.1, 0.15) is 5.82 Å². The van der Waals surface area contributed by atoms with Crippen LogP contribution < -0.4 is 0 Å².